The summed E-state index contributed by atoms with van der Waals surface area (Å²) in [6, 6.07) is 5.07. The molecule has 0 saturated heterocycles. The third-order valence-corrected chi connectivity index (χ3v) is 2.44. The van der Waals surface area contributed by atoms with Crippen LogP contribution < -0.4 is 0 Å². The van der Waals surface area contributed by atoms with E-state index in [0.717, 1.165) is 0 Å². The minimum Gasteiger partial charge on any atom is -0.473 e. The molecule has 0 aromatic heterocycles. The average Bonchev–Trinajstić information content (AvgIpc) is 2.79. The van der Waals surface area contributed by atoms with Gasteiger partial charge >= 0.3 is 5.97 Å². The van der Waals surface area contributed by atoms with Gasteiger partial charge in [0.05, 0.1) is 6.61 Å². The normalized spacial score (nSPS) is 22.2. The highest BCUT2D eigenvalue weighted by atomic mass is 19.1. The number of hydrogen-bond donors (Lipinski definition) is 0. The summed E-state index contributed by atoms with van der Waals surface area (Å²) in [6.07, 6.45) is 0.699. The van der Waals surface area contributed by atoms with Crippen molar-refractivity contribution in [3.05, 3.63) is 35.6 Å². The molecular formula is C12H12FNO3. The predicted molar refractivity (Wildman–Crippen MR) is 59.1 cm³/mol. The number of halogens is 1. The zero-order valence-electron chi connectivity index (χ0n) is 9.30. The van der Waals surface area contributed by atoms with Gasteiger partial charge in [-0.25, -0.2) is 14.2 Å². The fraction of sp³-hybridized carbons (Fsp3) is 0.333. The average molecular weight is 237 g/mol. The molecule has 0 spiro atoms. The minimum absolute atomic E-state index is 0.293. The lowest BCUT2D eigenvalue weighted by Gasteiger charge is -2.16. The maximum atomic E-state index is 12.8. The zero-order valence-corrected chi connectivity index (χ0v) is 9.30. The van der Waals surface area contributed by atoms with Crippen molar-refractivity contribution in [3.63, 3.8) is 0 Å². The lowest BCUT2D eigenvalue weighted by atomic mass is 10.0. The molecule has 90 valence electrons. The summed E-state index contributed by atoms with van der Waals surface area (Å²) >= 11 is 0. The van der Waals surface area contributed by atoms with E-state index >= 15 is 0 Å². The molecule has 1 aliphatic heterocycles. The van der Waals surface area contributed by atoms with Crippen LogP contribution in [0.1, 0.15) is 18.6 Å². The Morgan fingerprint density at radius 1 is 1.47 bits per heavy atom. The molecule has 17 heavy (non-hydrogen) atoms. The molecule has 0 radical (unpaired) electrons. The van der Waals surface area contributed by atoms with Crippen molar-refractivity contribution in [2.45, 2.75) is 19.1 Å². The number of nitrogens with zero attached hydrogens (tertiary/aromatic N) is 1. The van der Waals surface area contributed by atoms with Crippen LogP contribution in [-0.4, -0.2) is 25.0 Å². The second-order valence-electron chi connectivity index (χ2n) is 3.56. The molecule has 5 heteroatoms. The topological polar surface area (TPSA) is 47.9 Å². The van der Waals surface area contributed by atoms with E-state index in [4.69, 9.17) is 9.47 Å². The van der Waals surface area contributed by atoms with Gasteiger partial charge in [-0.2, -0.15) is 0 Å². The highest BCUT2D eigenvalue weighted by molar-refractivity contribution is 5.80. The lowest BCUT2D eigenvalue weighted by molar-refractivity contribution is -0.146. The first-order valence-electron chi connectivity index (χ1n) is 5.31. The largest absolute Gasteiger partial charge is 0.473 e. The zero-order chi connectivity index (χ0) is 12.3. The predicted octanol–water partition coefficient (Wildman–Crippen LogP) is 1.86. The van der Waals surface area contributed by atoms with E-state index in [9.17, 15) is 9.18 Å². The molecule has 0 fully saturated rings. The van der Waals surface area contributed by atoms with E-state index < -0.39 is 18.1 Å². The lowest BCUT2D eigenvalue weighted by Crippen LogP contribution is -2.26. The molecule has 0 N–H and O–H groups in total. The van der Waals surface area contributed by atoms with Gasteiger partial charge in [-0.05, 0) is 24.6 Å². The van der Waals surface area contributed by atoms with E-state index in [0.29, 0.717) is 12.2 Å². The summed E-state index contributed by atoms with van der Waals surface area (Å²) < 4.78 is 22.9. The van der Waals surface area contributed by atoms with Crippen molar-refractivity contribution < 1.29 is 18.7 Å². The highest BCUT2D eigenvalue weighted by Gasteiger charge is 2.35. The fourth-order valence-electron chi connectivity index (χ4n) is 1.64. The van der Waals surface area contributed by atoms with E-state index in [1.165, 1.54) is 18.5 Å². The standard InChI is InChI=1S/C12H12FNO3/c1-2-16-12(15)10-11(17-7-14-10)8-3-5-9(13)6-4-8/h3-7,10-11H,2H2,1H3. The third kappa shape index (κ3) is 2.43. The van der Waals surface area contributed by atoms with Crippen molar-refractivity contribution in [2.75, 3.05) is 6.61 Å². The molecular weight excluding hydrogens is 225 g/mol. The molecule has 2 rings (SSSR count). The van der Waals surface area contributed by atoms with Gasteiger partial charge in [-0.1, -0.05) is 12.1 Å². The Morgan fingerprint density at radius 2 is 2.18 bits per heavy atom. The maximum absolute atomic E-state index is 12.8. The van der Waals surface area contributed by atoms with E-state index in [1.54, 1.807) is 19.1 Å². The van der Waals surface area contributed by atoms with Crippen LogP contribution in [-0.2, 0) is 14.3 Å². The number of esters is 1. The van der Waals surface area contributed by atoms with Gasteiger partial charge in [-0.3, -0.25) is 0 Å². The summed E-state index contributed by atoms with van der Waals surface area (Å²) in [5.74, 6) is -0.768. The number of rotatable bonds is 3. The quantitative estimate of drug-likeness (QED) is 0.754. The molecule has 2 unspecified atom stereocenters. The van der Waals surface area contributed by atoms with Crippen LogP contribution in [0.4, 0.5) is 4.39 Å². The highest BCUT2D eigenvalue weighted by Crippen LogP contribution is 2.27. The summed E-state index contributed by atoms with van der Waals surface area (Å²) in [5.41, 5.74) is 0.696. The molecule has 0 aliphatic carbocycles. The van der Waals surface area contributed by atoms with Crippen LogP contribution in [0.3, 0.4) is 0 Å². The summed E-state index contributed by atoms with van der Waals surface area (Å²) in [4.78, 5) is 15.5. The first-order chi connectivity index (χ1) is 8.22. The third-order valence-electron chi connectivity index (χ3n) is 2.44. The Labute approximate surface area is 98.1 Å². The molecule has 1 aromatic carbocycles. The van der Waals surface area contributed by atoms with Gasteiger partial charge in [0.25, 0.3) is 0 Å². The van der Waals surface area contributed by atoms with Crippen LogP contribution in [0.25, 0.3) is 0 Å². The summed E-state index contributed by atoms with van der Waals surface area (Å²) in [7, 11) is 0. The molecule has 0 amide bonds. The van der Waals surface area contributed by atoms with Gasteiger partial charge in [0.1, 0.15) is 5.82 Å². The van der Waals surface area contributed by atoms with Crippen LogP contribution in [0.2, 0.25) is 0 Å². The molecule has 4 nitrogen and oxygen atoms in total. The number of ether oxygens (including phenoxy) is 2. The Kier molecular flexibility index (Phi) is 3.37. The van der Waals surface area contributed by atoms with Crippen LogP contribution in [0, 0.1) is 5.82 Å². The first-order valence-corrected chi connectivity index (χ1v) is 5.31. The smallest absolute Gasteiger partial charge is 0.335 e. The summed E-state index contributed by atoms with van der Waals surface area (Å²) in [5, 5.41) is 0. The van der Waals surface area contributed by atoms with E-state index in [1.807, 2.05) is 0 Å². The monoisotopic (exact) mass is 237 g/mol. The van der Waals surface area contributed by atoms with E-state index in [-0.39, 0.29) is 5.82 Å². The second kappa shape index (κ2) is 4.95. The number of aliphatic imine (C=N–C) groups is 1. The van der Waals surface area contributed by atoms with Gasteiger partial charge in [0.2, 0.25) is 0 Å². The van der Waals surface area contributed by atoms with Crippen LogP contribution >= 0.6 is 0 Å². The van der Waals surface area contributed by atoms with E-state index in [2.05, 4.69) is 4.99 Å². The molecule has 0 bridgehead atoms. The Balaban J connectivity index is 2.15. The van der Waals surface area contributed by atoms with Crippen molar-refractivity contribution in [3.8, 4) is 0 Å². The number of carbonyl (C=O) groups excluding carboxylic acids is 1. The number of benzene rings is 1. The molecule has 0 saturated carbocycles. The van der Waals surface area contributed by atoms with Crippen molar-refractivity contribution in [1.82, 2.24) is 0 Å². The Bertz CT molecular complexity index is 430. The number of hydrogen-bond acceptors (Lipinski definition) is 4. The fourth-order valence-corrected chi connectivity index (χ4v) is 1.64. The van der Waals surface area contributed by atoms with Crippen LogP contribution in [0.15, 0.2) is 29.3 Å². The van der Waals surface area contributed by atoms with Crippen LogP contribution in [0.5, 0.6) is 0 Å². The molecule has 2 atom stereocenters. The van der Waals surface area contributed by atoms with Crippen molar-refractivity contribution >= 4 is 12.4 Å². The first kappa shape index (κ1) is 11.6. The van der Waals surface area contributed by atoms with Crippen molar-refractivity contribution in [2.24, 2.45) is 4.99 Å². The van der Waals surface area contributed by atoms with Gasteiger partial charge in [0.15, 0.2) is 18.5 Å². The molecule has 1 aromatic rings. The summed E-state index contributed by atoms with van der Waals surface area (Å²) in [6.45, 7) is 2.02. The van der Waals surface area contributed by atoms with Gasteiger partial charge in [0, 0.05) is 0 Å². The molecule has 1 heterocycles. The van der Waals surface area contributed by atoms with Gasteiger partial charge < -0.3 is 9.47 Å². The number of carbonyl (C=O) groups is 1. The Morgan fingerprint density at radius 3 is 2.82 bits per heavy atom. The maximum Gasteiger partial charge on any atom is 0.335 e. The second-order valence-corrected chi connectivity index (χ2v) is 3.56. The Hall–Kier alpha value is -1.91. The SMILES string of the molecule is CCOC(=O)C1N=COC1c1ccc(F)cc1. The van der Waals surface area contributed by atoms with Gasteiger partial charge in [-0.15, -0.1) is 0 Å². The van der Waals surface area contributed by atoms with Crippen molar-refractivity contribution in [1.29, 1.82) is 0 Å². The molecule has 1 aliphatic rings. The minimum atomic E-state index is -0.708.